The number of aryl methyl sites for hydroxylation is 1. The molecule has 0 fully saturated rings. The Morgan fingerprint density at radius 1 is 1.04 bits per heavy atom. The number of alkyl halides is 3. The first-order valence-corrected chi connectivity index (χ1v) is 7.70. The van der Waals surface area contributed by atoms with Gasteiger partial charge in [0.15, 0.2) is 0 Å². The molecule has 0 unspecified atom stereocenters. The molecule has 0 heterocycles. The quantitative estimate of drug-likeness (QED) is 0.313. The van der Waals surface area contributed by atoms with E-state index in [1.807, 2.05) is 6.92 Å². The van der Waals surface area contributed by atoms with Crippen LogP contribution in [0.5, 0.6) is 5.75 Å². The third kappa shape index (κ3) is 5.51. The summed E-state index contributed by atoms with van der Waals surface area (Å²) in [5, 5.41) is 0. The van der Waals surface area contributed by atoms with Crippen LogP contribution in [0.25, 0.3) is 0 Å². The van der Waals surface area contributed by atoms with Crippen molar-refractivity contribution in [1.29, 1.82) is 0 Å². The number of carbonyl (C=O) groups is 1. The second-order valence-corrected chi connectivity index (χ2v) is 5.46. The van der Waals surface area contributed by atoms with E-state index in [-0.39, 0.29) is 0 Å². The van der Waals surface area contributed by atoms with Gasteiger partial charge in [0.25, 0.3) is 0 Å². The molecule has 8 heteroatoms. The van der Waals surface area contributed by atoms with E-state index >= 15 is 0 Å². The maximum Gasteiger partial charge on any atom is 0.458 e. The van der Waals surface area contributed by atoms with Crippen molar-refractivity contribution in [2.45, 2.75) is 25.9 Å². The Bertz CT molecular complexity index is 899. The molecule has 2 aromatic rings. The van der Waals surface area contributed by atoms with Gasteiger partial charge in [-0.1, -0.05) is 25.3 Å². The summed E-state index contributed by atoms with van der Waals surface area (Å²) in [7, 11) is 0. The fourth-order valence-electron chi connectivity index (χ4n) is 2.19. The highest BCUT2D eigenvalue weighted by molar-refractivity contribution is 5.91. The Kier molecular flexibility index (Phi) is 6.16. The summed E-state index contributed by atoms with van der Waals surface area (Å²) in [5.41, 5.74) is -0.907. The maximum atomic E-state index is 14.0. The van der Waals surface area contributed by atoms with E-state index in [0.717, 1.165) is 18.4 Å². The molecular weight excluding hydrogens is 374 g/mol. The van der Waals surface area contributed by atoms with Crippen molar-refractivity contribution in [3.63, 3.8) is 0 Å². The van der Waals surface area contributed by atoms with Crippen LogP contribution in [0.2, 0.25) is 0 Å². The van der Waals surface area contributed by atoms with Gasteiger partial charge in [0.1, 0.15) is 23.2 Å². The van der Waals surface area contributed by atoms with Gasteiger partial charge in [0.2, 0.25) is 0 Å². The summed E-state index contributed by atoms with van der Waals surface area (Å²) in [6.07, 6.45) is -3.56. The maximum absolute atomic E-state index is 14.0. The van der Waals surface area contributed by atoms with E-state index < -0.39 is 46.5 Å². The van der Waals surface area contributed by atoms with Gasteiger partial charge >= 0.3 is 12.1 Å². The predicted molar refractivity (Wildman–Crippen MR) is 84.6 cm³/mol. The van der Waals surface area contributed by atoms with Crippen LogP contribution in [0.1, 0.15) is 34.8 Å². The van der Waals surface area contributed by atoms with E-state index in [9.17, 15) is 31.1 Å². The van der Waals surface area contributed by atoms with Gasteiger partial charge in [0.05, 0.1) is 11.1 Å². The number of esters is 1. The molecule has 27 heavy (non-hydrogen) atoms. The summed E-state index contributed by atoms with van der Waals surface area (Å²) in [6, 6.07) is 4.82. The van der Waals surface area contributed by atoms with Crippen LogP contribution in [0.15, 0.2) is 30.3 Å². The monoisotopic (exact) mass is 386 g/mol. The third-order valence-electron chi connectivity index (χ3n) is 3.35. The summed E-state index contributed by atoms with van der Waals surface area (Å²) in [6.45, 7) is 1.89. The van der Waals surface area contributed by atoms with E-state index in [4.69, 9.17) is 4.74 Å². The van der Waals surface area contributed by atoms with Gasteiger partial charge in [-0.25, -0.2) is 18.0 Å². The van der Waals surface area contributed by atoms with Crippen molar-refractivity contribution in [3.05, 3.63) is 64.5 Å². The normalized spacial score (nSPS) is 10.9. The second kappa shape index (κ2) is 8.16. The highest BCUT2D eigenvalue weighted by atomic mass is 19.4. The first kappa shape index (κ1) is 20.4. The van der Waals surface area contributed by atoms with Gasteiger partial charge in [-0.2, -0.15) is 13.2 Å². The number of hydrogen-bond acceptors (Lipinski definition) is 2. The van der Waals surface area contributed by atoms with Crippen LogP contribution in [0, 0.1) is 29.3 Å². The lowest BCUT2D eigenvalue weighted by Gasteiger charge is -2.08. The zero-order valence-corrected chi connectivity index (χ0v) is 13.9. The average molecular weight is 386 g/mol. The molecule has 0 aliphatic heterocycles. The lowest BCUT2D eigenvalue weighted by Crippen LogP contribution is -2.11. The average Bonchev–Trinajstić information content (AvgIpc) is 2.53. The van der Waals surface area contributed by atoms with Crippen LogP contribution >= 0.6 is 0 Å². The molecule has 0 aromatic heterocycles. The summed E-state index contributed by atoms with van der Waals surface area (Å²) in [5.74, 6) is -3.53. The van der Waals surface area contributed by atoms with Crippen molar-refractivity contribution in [2.75, 3.05) is 0 Å². The van der Waals surface area contributed by atoms with Crippen molar-refractivity contribution < 1.29 is 35.9 Å². The van der Waals surface area contributed by atoms with Crippen molar-refractivity contribution in [3.8, 4) is 17.6 Å². The van der Waals surface area contributed by atoms with Crippen molar-refractivity contribution in [2.24, 2.45) is 0 Å². The molecule has 0 saturated heterocycles. The SMILES string of the molecule is CCCc1ccc(C(=O)Oc2cc(F)c(C#CC(F)(F)F)c(F)c2)c(F)c1. The lowest BCUT2D eigenvalue weighted by atomic mass is 10.1. The minimum atomic E-state index is -4.93. The van der Waals surface area contributed by atoms with Crippen molar-refractivity contribution >= 4 is 5.97 Å². The Morgan fingerprint density at radius 3 is 2.19 bits per heavy atom. The summed E-state index contributed by atoms with van der Waals surface area (Å²) in [4.78, 5) is 12.0. The van der Waals surface area contributed by atoms with Gasteiger partial charge < -0.3 is 4.74 Å². The molecule has 0 N–H and O–H groups in total. The zero-order chi connectivity index (χ0) is 20.2. The first-order chi connectivity index (χ1) is 12.6. The molecule has 0 bridgehead atoms. The Labute approximate surface area is 150 Å². The Hall–Kier alpha value is -2.95. The van der Waals surface area contributed by atoms with Crippen LogP contribution in [-0.2, 0) is 6.42 Å². The van der Waals surface area contributed by atoms with E-state index in [1.54, 1.807) is 0 Å². The van der Waals surface area contributed by atoms with Crippen LogP contribution in [0.3, 0.4) is 0 Å². The minimum absolute atomic E-state index is 0.448. The highest BCUT2D eigenvalue weighted by Gasteiger charge is 2.24. The van der Waals surface area contributed by atoms with E-state index in [2.05, 4.69) is 0 Å². The minimum Gasteiger partial charge on any atom is -0.423 e. The molecule has 142 valence electrons. The number of rotatable bonds is 4. The molecule has 0 spiro atoms. The van der Waals surface area contributed by atoms with Crippen LogP contribution in [-0.4, -0.2) is 12.1 Å². The molecule has 2 rings (SSSR count). The number of benzene rings is 2. The number of hydrogen-bond donors (Lipinski definition) is 0. The van der Waals surface area contributed by atoms with Gasteiger partial charge in [-0.05, 0) is 24.1 Å². The van der Waals surface area contributed by atoms with Crippen LogP contribution in [0.4, 0.5) is 26.3 Å². The Balaban J connectivity index is 2.25. The zero-order valence-electron chi connectivity index (χ0n) is 13.9. The number of halogens is 6. The third-order valence-corrected chi connectivity index (χ3v) is 3.35. The van der Waals surface area contributed by atoms with E-state index in [0.29, 0.717) is 24.1 Å². The fourth-order valence-corrected chi connectivity index (χ4v) is 2.19. The smallest absolute Gasteiger partial charge is 0.423 e. The first-order valence-electron chi connectivity index (χ1n) is 7.70. The molecule has 2 nitrogen and oxygen atoms in total. The topological polar surface area (TPSA) is 26.3 Å². The largest absolute Gasteiger partial charge is 0.458 e. The van der Waals surface area contributed by atoms with Gasteiger partial charge in [0, 0.05) is 18.1 Å². The highest BCUT2D eigenvalue weighted by Crippen LogP contribution is 2.23. The second-order valence-electron chi connectivity index (χ2n) is 5.46. The van der Waals surface area contributed by atoms with Crippen molar-refractivity contribution in [1.82, 2.24) is 0 Å². The molecule has 0 aliphatic carbocycles. The fraction of sp³-hybridized carbons (Fsp3) is 0.211. The van der Waals surface area contributed by atoms with E-state index in [1.165, 1.54) is 18.1 Å². The van der Waals surface area contributed by atoms with Crippen LogP contribution < -0.4 is 4.74 Å². The molecular formula is C19H12F6O2. The molecule has 0 amide bonds. The van der Waals surface area contributed by atoms with Gasteiger partial charge in [-0.15, -0.1) is 0 Å². The lowest BCUT2D eigenvalue weighted by molar-refractivity contribution is -0.0696. The number of ether oxygens (including phenoxy) is 1. The number of carbonyl (C=O) groups excluding carboxylic acids is 1. The molecule has 0 saturated carbocycles. The Morgan fingerprint density at radius 2 is 1.67 bits per heavy atom. The molecule has 0 radical (unpaired) electrons. The molecule has 0 atom stereocenters. The molecule has 0 aliphatic rings. The van der Waals surface area contributed by atoms with Gasteiger partial charge in [-0.3, -0.25) is 0 Å². The summed E-state index contributed by atoms with van der Waals surface area (Å²) < 4.78 is 82.4. The predicted octanol–water partition coefficient (Wildman–Crippen LogP) is 5.19. The molecule has 2 aromatic carbocycles. The standard InChI is InChI=1S/C19H12F6O2/c1-2-3-11-4-5-14(15(20)8-11)18(26)27-12-9-16(21)13(17(22)10-12)6-7-19(23,24)25/h4-5,8-10H,2-3H2,1H3. The summed E-state index contributed by atoms with van der Waals surface area (Å²) >= 11 is 0.